The predicted octanol–water partition coefficient (Wildman–Crippen LogP) is 5.19. The second-order valence-electron chi connectivity index (χ2n) is 9.92. The minimum atomic E-state index is -0.540. The third-order valence-electron chi connectivity index (χ3n) is 5.73. The Hall–Kier alpha value is -2.89. The first-order valence-electron chi connectivity index (χ1n) is 11.3. The molecule has 1 saturated heterocycles. The Kier molecular flexibility index (Phi) is 7.54. The van der Waals surface area contributed by atoms with E-state index >= 15 is 0 Å². The number of amides is 2. The molecule has 0 aliphatic carbocycles. The van der Waals surface area contributed by atoms with Crippen LogP contribution in [0.2, 0.25) is 0 Å². The van der Waals surface area contributed by atoms with Crippen molar-refractivity contribution in [1.29, 1.82) is 0 Å². The van der Waals surface area contributed by atoms with Crippen LogP contribution < -0.4 is 10.2 Å². The van der Waals surface area contributed by atoms with Gasteiger partial charge in [0.05, 0.1) is 5.56 Å². The Balaban J connectivity index is 1.50. The van der Waals surface area contributed by atoms with E-state index in [1.54, 1.807) is 12.1 Å². The van der Waals surface area contributed by atoms with Gasteiger partial charge in [-0.3, -0.25) is 9.59 Å². The topological polar surface area (TPSA) is 52.7 Å². The van der Waals surface area contributed by atoms with Crippen LogP contribution >= 0.6 is 0 Å². The van der Waals surface area contributed by atoms with Crippen molar-refractivity contribution in [3.05, 3.63) is 59.9 Å². The summed E-state index contributed by atoms with van der Waals surface area (Å²) in [6.45, 7) is 11.8. The van der Waals surface area contributed by atoms with Crippen LogP contribution in [-0.4, -0.2) is 42.9 Å². The SMILES string of the molecule is CC(CC(=O)N1CCN(c2ccc(NC(=O)c3ccccc3F)cc2)CC1)CC(C)(C)C. The van der Waals surface area contributed by atoms with Gasteiger partial charge >= 0.3 is 0 Å². The molecule has 1 N–H and O–H groups in total. The Morgan fingerprint density at radius 3 is 2.22 bits per heavy atom. The smallest absolute Gasteiger partial charge is 0.258 e. The third kappa shape index (κ3) is 6.55. The molecule has 5 nitrogen and oxygen atoms in total. The van der Waals surface area contributed by atoms with E-state index in [1.165, 1.54) is 12.1 Å². The van der Waals surface area contributed by atoms with E-state index in [4.69, 9.17) is 0 Å². The lowest BCUT2D eigenvalue weighted by Gasteiger charge is -2.37. The minimum absolute atomic E-state index is 0.0224. The molecule has 2 aromatic rings. The fourth-order valence-electron chi connectivity index (χ4n) is 4.36. The summed E-state index contributed by atoms with van der Waals surface area (Å²) in [5.41, 5.74) is 1.92. The normalized spacial score (nSPS) is 15.4. The molecule has 0 spiro atoms. The number of carbonyl (C=O) groups excluding carboxylic acids is 2. The summed E-state index contributed by atoms with van der Waals surface area (Å²) in [5, 5.41) is 2.73. The highest BCUT2D eigenvalue weighted by Gasteiger charge is 2.24. The van der Waals surface area contributed by atoms with Gasteiger partial charge in [0.15, 0.2) is 0 Å². The number of carbonyl (C=O) groups is 2. The molecule has 0 radical (unpaired) electrons. The van der Waals surface area contributed by atoms with Crippen LogP contribution in [0.1, 0.15) is 50.9 Å². The number of rotatable bonds is 6. The van der Waals surface area contributed by atoms with Gasteiger partial charge < -0.3 is 15.1 Å². The number of piperazine rings is 1. The Morgan fingerprint density at radius 2 is 1.62 bits per heavy atom. The fourth-order valence-corrected chi connectivity index (χ4v) is 4.36. The number of nitrogens with one attached hydrogen (secondary N) is 1. The largest absolute Gasteiger partial charge is 0.368 e. The molecule has 1 aliphatic heterocycles. The maximum absolute atomic E-state index is 13.8. The van der Waals surface area contributed by atoms with Gasteiger partial charge in [0, 0.05) is 44.0 Å². The van der Waals surface area contributed by atoms with E-state index in [1.807, 2.05) is 29.2 Å². The quantitative estimate of drug-likeness (QED) is 0.674. The number of hydrogen-bond donors (Lipinski definition) is 1. The van der Waals surface area contributed by atoms with Crippen LogP contribution in [0.3, 0.4) is 0 Å². The van der Waals surface area contributed by atoms with Gasteiger partial charge in [0.1, 0.15) is 5.82 Å². The van der Waals surface area contributed by atoms with Crippen molar-refractivity contribution in [1.82, 2.24) is 4.90 Å². The van der Waals surface area contributed by atoms with E-state index < -0.39 is 11.7 Å². The zero-order valence-corrected chi connectivity index (χ0v) is 19.5. The van der Waals surface area contributed by atoms with Crippen molar-refractivity contribution < 1.29 is 14.0 Å². The number of nitrogens with zero attached hydrogens (tertiary/aromatic N) is 2. The molecule has 1 atom stereocenters. The summed E-state index contributed by atoms with van der Waals surface area (Å²) in [6, 6.07) is 13.5. The molecule has 32 heavy (non-hydrogen) atoms. The molecule has 1 fully saturated rings. The van der Waals surface area contributed by atoms with Crippen molar-refractivity contribution in [3.63, 3.8) is 0 Å². The summed E-state index contributed by atoms with van der Waals surface area (Å²) in [5.74, 6) is -0.384. The van der Waals surface area contributed by atoms with Crippen molar-refractivity contribution in [2.24, 2.45) is 11.3 Å². The summed E-state index contributed by atoms with van der Waals surface area (Å²) in [4.78, 5) is 29.2. The van der Waals surface area contributed by atoms with Crippen LogP contribution in [0.25, 0.3) is 0 Å². The standard InChI is InChI=1S/C26H34FN3O2/c1-19(18-26(2,3)4)17-24(31)30-15-13-29(14-16-30)21-11-9-20(10-12-21)28-25(32)22-7-5-6-8-23(22)27/h5-12,19H,13-18H2,1-4H3,(H,28,32). The maximum Gasteiger partial charge on any atom is 0.258 e. The molecular weight excluding hydrogens is 405 g/mol. The predicted molar refractivity (Wildman–Crippen MR) is 127 cm³/mol. The van der Waals surface area contributed by atoms with Crippen LogP contribution in [-0.2, 0) is 4.79 Å². The van der Waals surface area contributed by atoms with Crippen LogP contribution in [0.5, 0.6) is 0 Å². The molecule has 3 rings (SSSR count). The average molecular weight is 440 g/mol. The molecule has 2 amide bonds. The molecule has 1 heterocycles. The van der Waals surface area contributed by atoms with Crippen molar-refractivity contribution in [2.45, 2.75) is 40.5 Å². The van der Waals surface area contributed by atoms with Crippen molar-refractivity contribution in [3.8, 4) is 0 Å². The molecular formula is C26H34FN3O2. The molecule has 1 unspecified atom stereocenters. The van der Waals surface area contributed by atoms with E-state index in [0.29, 0.717) is 31.1 Å². The lowest BCUT2D eigenvalue weighted by molar-refractivity contribution is -0.132. The van der Waals surface area contributed by atoms with E-state index in [0.717, 1.165) is 25.2 Å². The second kappa shape index (κ2) is 10.2. The second-order valence-corrected chi connectivity index (χ2v) is 9.92. The number of hydrogen-bond acceptors (Lipinski definition) is 3. The summed E-state index contributed by atoms with van der Waals surface area (Å²) < 4.78 is 13.8. The Labute approximate surface area is 190 Å². The highest BCUT2D eigenvalue weighted by molar-refractivity contribution is 6.04. The van der Waals surface area contributed by atoms with Gasteiger partial charge in [-0.2, -0.15) is 0 Å². The van der Waals surface area contributed by atoms with Gasteiger partial charge in [-0.05, 0) is 54.2 Å². The van der Waals surface area contributed by atoms with Crippen LogP contribution in [0, 0.1) is 17.2 Å². The lowest BCUT2D eigenvalue weighted by atomic mass is 9.84. The molecule has 2 aromatic carbocycles. The maximum atomic E-state index is 13.8. The Morgan fingerprint density at radius 1 is 1.00 bits per heavy atom. The molecule has 0 saturated carbocycles. The number of benzene rings is 2. The first kappa shape index (κ1) is 23.8. The summed E-state index contributed by atoms with van der Waals surface area (Å²) in [6.07, 6.45) is 1.65. The first-order chi connectivity index (χ1) is 15.1. The van der Waals surface area contributed by atoms with Gasteiger partial charge in [-0.1, -0.05) is 39.8 Å². The van der Waals surface area contributed by atoms with Gasteiger partial charge in [-0.15, -0.1) is 0 Å². The number of halogens is 1. The Bertz CT molecular complexity index is 929. The molecule has 0 aromatic heterocycles. The third-order valence-corrected chi connectivity index (χ3v) is 5.73. The highest BCUT2D eigenvalue weighted by Crippen LogP contribution is 2.27. The van der Waals surface area contributed by atoms with Crippen molar-refractivity contribution >= 4 is 23.2 Å². The first-order valence-corrected chi connectivity index (χ1v) is 11.3. The molecule has 172 valence electrons. The monoisotopic (exact) mass is 439 g/mol. The highest BCUT2D eigenvalue weighted by atomic mass is 19.1. The molecule has 0 bridgehead atoms. The van der Waals surface area contributed by atoms with E-state index in [-0.39, 0.29) is 16.9 Å². The number of anilines is 2. The fraction of sp³-hybridized carbons (Fsp3) is 0.462. The van der Waals surface area contributed by atoms with E-state index in [2.05, 4.69) is 37.9 Å². The molecule has 1 aliphatic rings. The molecule has 6 heteroatoms. The van der Waals surface area contributed by atoms with Crippen LogP contribution in [0.4, 0.5) is 15.8 Å². The van der Waals surface area contributed by atoms with Crippen LogP contribution in [0.15, 0.2) is 48.5 Å². The van der Waals surface area contributed by atoms with Gasteiger partial charge in [0.25, 0.3) is 5.91 Å². The minimum Gasteiger partial charge on any atom is -0.368 e. The average Bonchev–Trinajstić information content (AvgIpc) is 2.73. The summed E-state index contributed by atoms with van der Waals surface area (Å²) >= 11 is 0. The van der Waals surface area contributed by atoms with Gasteiger partial charge in [-0.25, -0.2) is 4.39 Å². The summed E-state index contributed by atoms with van der Waals surface area (Å²) in [7, 11) is 0. The zero-order chi connectivity index (χ0) is 23.3. The lowest BCUT2D eigenvalue weighted by Crippen LogP contribution is -2.49. The van der Waals surface area contributed by atoms with Gasteiger partial charge in [0.2, 0.25) is 5.91 Å². The van der Waals surface area contributed by atoms with Crippen molar-refractivity contribution in [2.75, 3.05) is 36.4 Å². The zero-order valence-electron chi connectivity index (χ0n) is 19.5. The van der Waals surface area contributed by atoms with E-state index in [9.17, 15) is 14.0 Å².